The number of rotatable bonds is 4. The van der Waals surface area contributed by atoms with E-state index in [-0.39, 0.29) is 12.6 Å². The maximum absolute atomic E-state index is 9.16. The first-order valence-corrected chi connectivity index (χ1v) is 6.82. The van der Waals surface area contributed by atoms with E-state index in [2.05, 4.69) is 16.9 Å². The van der Waals surface area contributed by atoms with Crippen LogP contribution in [0, 0.1) is 6.92 Å². The van der Waals surface area contributed by atoms with Crippen molar-refractivity contribution in [1.82, 2.24) is 9.97 Å². The second kappa shape index (κ2) is 6.20. The maximum Gasteiger partial charge on any atom is 0.225 e. The Morgan fingerprint density at radius 3 is 2.50 bits per heavy atom. The number of benzene rings is 1. The van der Waals surface area contributed by atoms with Gasteiger partial charge >= 0.3 is 0 Å². The number of halogens is 1. The van der Waals surface area contributed by atoms with Crippen molar-refractivity contribution in [2.45, 2.75) is 26.5 Å². The van der Waals surface area contributed by atoms with Gasteiger partial charge < -0.3 is 10.0 Å². The molecule has 4 nitrogen and oxygen atoms in total. The summed E-state index contributed by atoms with van der Waals surface area (Å²) in [6.07, 6.45) is 1.67. The molecule has 2 rings (SSSR count). The largest absolute Gasteiger partial charge is 0.392 e. The van der Waals surface area contributed by atoms with Crippen molar-refractivity contribution in [1.29, 1.82) is 0 Å². The summed E-state index contributed by atoms with van der Waals surface area (Å²) in [6.45, 7) is 3.92. The molecule has 0 radical (unpaired) electrons. The quantitative estimate of drug-likeness (QED) is 0.940. The third-order valence-electron chi connectivity index (χ3n) is 3.49. The Kier molecular flexibility index (Phi) is 4.57. The second-order valence-electron chi connectivity index (χ2n) is 4.78. The Hall–Kier alpha value is -1.65. The molecular weight excluding hydrogens is 274 g/mol. The number of nitrogens with zero attached hydrogens (tertiary/aromatic N) is 3. The van der Waals surface area contributed by atoms with Crippen LogP contribution in [0.1, 0.15) is 29.8 Å². The van der Waals surface area contributed by atoms with Gasteiger partial charge in [-0.05, 0) is 31.5 Å². The lowest BCUT2D eigenvalue weighted by molar-refractivity contribution is 0.280. The minimum absolute atomic E-state index is 0.0391. The Morgan fingerprint density at radius 2 is 1.95 bits per heavy atom. The average molecular weight is 292 g/mol. The number of aliphatic hydroxyl groups excluding tert-OH is 1. The molecule has 1 atom stereocenters. The monoisotopic (exact) mass is 291 g/mol. The van der Waals surface area contributed by atoms with E-state index in [4.69, 9.17) is 16.7 Å². The van der Waals surface area contributed by atoms with E-state index in [0.717, 1.165) is 21.8 Å². The van der Waals surface area contributed by atoms with Gasteiger partial charge in [0, 0.05) is 29.5 Å². The van der Waals surface area contributed by atoms with Crippen LogP contribution in [-0.2, 0) is 6.61 Å². The standard InChI is InChI=1S/C15H18ClN3O/c1-10-13(9-20)8-17-15(18-10)19(3)11(2)12-4-6-14(16)7-5-12/h4-8,11,20H,9H2,1-3H3. The van der Waals surface area contributed by atoms with Crippen molar-refractivity contribution in [3.63, 3.8) is 0 Å². The van der Waals surface area contributed by atoms with Gasteiger partial charge in [-0.3, -0.25) is 0 Å². The van der Waals surface area contributed by atoms with Gasteiger partial charge in [0.2, 0.25) is 5.95 Å². The molecular formula is C15H18ClN3O. The van der Waals surface area contributed by atoms with Crippen LogP contribution in [0.3, 0.4) is 0 Å². The van der Waals surface area contributed by atoms with Crippen molar-refractivity contribution in [3.05, 3.63) is 52.3 Å². The normalized spacial score (nSPS) is 12.2. The second-order valence-corrected chi connectivity index (χ2v) is 5.21. The van der Waals surface area contributed by atoms with E-state index in [1.165, 1.54) is 0 Å². The molecule has 0 aliphatic carbocycles. The van der Waals surface area contributed by atoms with Gasteiger partial charge in [-0.2, -0.15) is 0 Å². The average Bonchev–Trinajstić information content (AvgIpc) is 2.46. The number of aromatic nitrogens is 2. The number of hydrogen-bond donors (Lipinski definition) is 1. The molecule has 0 aliphatic heterocycles. The molecule has 0 bridgehead atoms. The van der Waals surface area contributed by atoms with Crippen LogP contribution in [0.15, 0.2) is 30.5 Å². The topological polar surface area (TPSA) is 49.2 Å². The summed E-state index contributed by atoms with van der Waals surface area (Å²) in [5.41, 5.74) is 2.69. The minimum Gasteiger partial charge on any atom is -0.392 e. The summed E-state index contributed by atoms with van der Waals surface area (Å²) in [5.74, 6) is 0.641. The van der Waals surface area contributed by atoms with E-state index in [1.807, 2.05) is 43.1 Å². The van der Waals surface area contributed by atoms with Gasteiger partial charge in [0.05, 0.1) is 12.6 Å². The van der Waals surface area contributed by atoms with Gasteiger partial charge in [0.15, 0.2) is 0 Å². The first-order chi connectivity index (χ1) is 9.52. The van der Waals surface area contributed by atoms with Crippen molar-refractivity contribution in [3.8, 4) is 0 Å². The fraction of sp³-hybridized carbons (Fsp3) is 0.333. The lowest BCUT2D eigenvalue weighted by Crippen LogP contribution is -2.24. The fourth-order valence-corrected chi connectivity index (χ4v) is 2.07. The van der Waals surface area contributed by atoms with Crippen molar-refractivity contribution < 1.29 is 5.11 Å². The van der Waals surface area contributed by atoms with E-state index in [9.17, 15) is 0 Å². The zero-order valence-corrected chi connectivity index (χ0v) is 12.6. The fourth-order valence-electron chi connectivity index (χ4n) is 1.94. The smallest absolute Gasteiger partial charge is 0.225 e. The summed E-state index contributed by atoms with van der Waals surface area (Å²) in [4.78, 5) is 10.7. The lowest BCUT2D eigenvalue weighted by Gasteiger charge is -2.25. The van der Waals surface area contributed by atoms with E-state index in [1.54, 1.807) is 6.20 Å². The number of aryl methyl sites for hydroxylation is 1. The highest BCUT2D eigenvalue weighted by Crippen LogP contribution is 2.24. The van der Waals surface area contributed by atoms with Crippen LogP contribution in [0.25, 0.3) is 0 Å². The van der Waals surface area contributed by atoms with Gasteiger partial charge in [-0.25, -0.2) is 9.97 Å². The molecule has 1 heterocycles. The van der Waals surface area contributed by atoms with Crippen molar-refractivity contribution in [2.75, 3.05) is 11.9 Å². The molecule has 1 aromatic heterocycles. The van der Waals surface area contributed by atoms with Gasteiger partial charge in [-0.1, -0.05) is 23.7 Å². The van der Waals surface area contributed by atoms with Crippen LogP contribution in [-0.4, -0.2) is 22.1 Å². The summed E-state index contributed by atoms with van der Waals surface area (Å²) in [5, 5.41) is 9.88. The summed E-state index contributed by atoms with van der Waals surface area (Å²) in [6, 6.07) is 7.88. The predicted molar refractivity (Wildman–Crippen MR) is 81.0 cm³/mol. The number of hydrogen-bond acceptors (Lipinski definition) is 4. The zero-order chi connectivity index (χ0) is 14.7. The first-order valence-electron chi connectivity index (χ1n) is 6.44. The highest BCUT2D eigenvalue weighted by molar-refractivity contribution is 6.30. The summed E-state index contributed by atoms with van der Waals surface area (Å²) >= 11 is 5.91. The van der Waals surface area contributed by atoms with Crippen LogP contribution in [0.2, 0.25) is 5.02 Å². The third kappa shape index (κ3) is 3.08. The van der Waals surface area contributed by atoms with E-state index >= 15 is 0 Å². The van der Waals surface area contributed by atoms with Crippen LogP contribution in [0.4, 0.5) is 5.95 Å². The summed E-state index contributed by atoms with van der Waals surface area (Å²) < 4.78 is 0. The Bertz CT molecular complexity index is 586. The molecule has 0 saturated carbocycles. The van der Waals surface area contributed by atoms with Gasteiger partial charge in [0.25, 0.3) is 0 Å². The molecule has 0 spiro atoms. The van der Waals surface area contributed by atoms with Crippen LogP contribution in [0.5, 0.6) is 0 Å². The Labute approximate surface area is 124 Å². The molecule has 0 saturated heterocycles. The van der Waals surface area contributed by atoms with Crippen LogP contribution < -0.4 is 4.90 Å². The highest BCUT2D eigenvalue weighted by Gasteiger charge is 2.15. The van der Waals surface area contributed by atoms with E-state index in [0.29, 0.717) is 5.95 Å². The van der Waals surface area contributed by atoms with Gasteiger partial charge in [0.1, 0.15) is 0 Å². The minimum atomic E-state index is -0.0391. The van der Waals surface area contributed by atoms with Crippen LogP contribution >= 0.6 is 11.6 Å². The first kappa shape index (κ1) is 14.8. The Morgan fingerprint density at radius 1 is 1.30 bits per heavy atom. The molecule has 1 aromatic carbocycles. The molecule has 20 heavy (non-hydrogen) atoms. The molecule has 1 unspecified atom stereocenters. The third-order valence-corrected chi connectivity index (χ3v) is 3.74. The highest BCUT2D eigenvalue weighted by atomic mass is 35.5. The molecule has 2 aromatic rings. The number of anilines is 1. The van der Waals surface area contributed by atoms with Crippen molar-refractivity contribution in [2.24, 2.45) is 0 Å². The molecule has 0 fully saturated rings. The molecule has 5 heteroatoms. The van der Waals surface area contributed by atoms with E-state index < -0.39 is 0 Å². The Balaban J connectivity index is 2.24. The molecule has 106 valence electrons. The van der Waals surface area contributed by atoms with Crippen molar-refractivity contribution >= 4 is 17.5 Å². The SMILES string of the molecule is Cc1nc(N(C)C(C)c2ccc(Cl)cc2)ncc1CO. The maximum atomic E-state index is 9.16. The number of aliphatic hydroxyl groups is 1. The summed E-state index contributed by atoms with van der Waals surface area (Å²) in [7, 11) is 1.95. The lowest BCUT2D eigenvalue weighted by atomic mass is 10.1. The van der Waals surface area contributed by atoms with Gasteiger partial charge in [-0.15, -0.1) is 0 Å². The molecule has 0 aliphatic rings. The molecule has 1 N–H and O–H groups in total. The zero-order valence-electron chi connectivity index (χ0n) is 11.8. The predicted octanol–water partition coefficient (Wildman–Crippen LogP) is 3.13. The molecule has 0 amide bonds.